The molecule has 1 fully saturated rings. The largest absolute Gasteiger partial charge is 0.311 e. The van der Waals surface area contributed by atoms with Gasteiger partial charge in [0.15, 0.2) is 0 Å². The molecule has 1 aliphatic rings. The molecule has 0 saturated heterocycles. The molecule has 1 saturated carbocycles. The maximum atomic E-state index is 3.82. The van der Waals surface area contributed by atoms with Gasteiger partial charge in [-0.25, -0.2) is 0 Å². The molecule has 1 heteroatoms. The topological polar surface area (TPSA) is 12.0 Å². The highest BCUT2D eigenvalue weighted by atomic mass is 15.0. The van der Waals surface area contributed by atoms with Crippen LogP contribution in [0.2, 0.25) is 0 Å². The van der Waals surface area contributed by atoms with E-state index in [0.717, 1.165) is 17.9 Å². The lowest BCUT2D eigenvalue weighted by molar-refractivity contribution is 0.196. The molecular formula is C15H31N. The lowest BCUT2D eigenvalue weighted by Gasteiger charge is -2.36. The Morgan fingerprint density at radius 1 is 0.938 bits per heavy atom. The second-order valence-corrected chi connectivity index (χ2v) is 7.11. The van der Waals surface area contributed by atoms with Crippen molar-refractivity contribution < 1.29 is 0 Å². The number of rotatable bonds is 3. The van der Waals surface area contributed by atoms with E-state index < -0.39 is 0 Å². The van der Waals surface area contributed by atoms with Gasteiger partial charge < -0.3 is 5.32 Å². The zero-order chi connectivity index (χ0) is 12.3. The van der Waals surface area contributed by atoms with E-state index in [1.807, 2.05) is 0 Å². The molecule has 0 amide bonds. The Labute approximate surface area is 102 Å². The SMILES string of the molecule is CC(C)C1CCC(NC(C)C(C)(C)C)CC1. The van der Waals surface area contributed by atoms with Gasteiger partial charge in [-0.2, -0.15) is 0 Å². The van der Waals surface area contributed by atoms with Gasteiger partial charge in [-0.15, -0.1) is 0 Å². The highest BCUT2D eigenvalue weighted by Crippen LogP contribution is 2.31. The van der Waals surface area contributed by atoms with Gasteiger partial charge in [-0.05, 0) is 49.9 Å². The standard InChI is InChI=1S/C15H31N/c1-11(2)13-7-9-14(10-8-13)16-12(3)15(4,5)6/h11-14,16H,7-10H2,1-6H3. The summed E-state index contributed by atoms with van der Waals surface area (Å²) < 4.78 is 0. The summed E-state index contributed by atoms with van der Waals surface area (Å²) in [6.45, 7) is 14.0. The molecule has 0 radical (unpaired) electrons. The van der Waals surface area contributed by atoms with E-state index in [9.17, 15) is 0 Å². The number of hydrogen-bond acceptors (Lipinski definition) is 1. The fourth-order valence-corrected chi connectivity index (χ4v) is 2.56. The third-order valence-electron chi connectivity index (χ3n) is 4.50. The van der Waals surface area contributed by atoms with Crippen molar-refractivity contribution in [3.63, 3.8) is 0 Å². The minimum absolute atomic E-state index is 0.384. The Hall–Kier alpha value is -0.0400. The van der Waals surface area contributed by atoms with Crippen LogP contribution in [0, 0.1) is 17.3 Å². The fraction of sp³-hybridized carbons (Fsp3) is 1.00. The molecule has 0 aromatic carbocycles. The quantitative estimate of drug-likeness (QED) is 0.758. The number of nitrogens with one attached hydrogen (secondary N) is 1. The molecule has 1 nitrogen and oxygen atoms in total. The molecule has 1 N–H and O–H groups in total. The van der Waals surface area contributed by atoms with Crippen LogP contribution in [0.4, 0.5) is 0 Å². The molecule has 0 bridgehead atoms. The van der Waals surface area contributed by atoms with Crippen molar-refractivity contribution in [1.82, 2.24) is 5.32 Å². The van der Waals surface area contributed by atoms with Crippen LogP contribution in [0.15, 0.2) is 0 Å². The van der Waals surface area contributed by atoms with E-state index in [1.165, 1.54) is 25.7 Å². The first-order valence-corrected chi connectivity index (χ1v) is 7.06. The van der Waals surface area contributed by atoms with Gasteiger partial charge in [0.1, 0.15) is 0 Å². The van der Waals surface area contributed by atoms with Crippen molar-refractivity contribution in [1.29, 1.82) is 0 Å². The summed E-state index contributed by atoms with van der Waals surface area (Å²) in [5.41, 5.74) is 0.384. The third-order valence-corrected chi connectivity index (χ3v) is 4.50. The van der Waals surface area contributed by atoms with E-state index in [4.69, 9.17) is 0 Å². The zero-order valence-electron chi connectivity index (χ0n) is 12.1. The Bertz CT molecular complexity index is 194. The Balaban J connectivity index is 2.32. The van der Waals surface area contributed by atoms with Crippen LogP contribution in [0.1, 0.15) is 67.2 Å². The maximum absolute atomic E-state index is 3.82. The molecule has 0 aromatic rings. The molecule has 1 rings (SSSR count). The third kappa shape index (κ3) is 4.08. The monoisotopic (exact) mass is 225 g/mol. The summed E-state index contributed by atoms with van der Waals surface area (Å²) in [6.07, 6.45) is 5.60. The predicted molar refractivity (Wildman–Crippen MR) is 72.6 cm³/mol. The van der Waals surface area contributed by atoms with Gasteiger partial charge >= 0.3 is 0 Å². The Morgan fingerprint density at radius 3 is 1.81 bits per heavy atom. The minimum Gasteiger partial charge on any atom is -0.311 e. The smallest absolute Gasteiger partial charge is 0.00898 e. The summed E-state index contributed by atoms with van der Waals surface area (Å²) in [4.78, 5) is 0. The maximum Gasteiger partial charge on any atom is 0.00898 e. The summed E-state index contributed by atoms with van der Waals surface area (Å²) in [6, 6.07) is 1.39. The van der Waals surface area contributed by atoms with Crippen LogP contribution >= 0.6 is 0 Å². The Morgan fingerprint density at radius 2 is 1.44 bits per heavy atom. The second-order valence-electron chi connectivity index (χ2n) is 7.11. The molecular weight excluding hydrogens is 194 g/mol. The van der Waals surface area contributed by atoms with Crippen molar-refractivity contribution in [2.24, 2.45) is 17.3 Å². The van der Waals surface area contributed by atoms with Crippen LogP contribution in [0.25, 0.3) is 0 Å². The van der Waals surface area contributed by atoms with E-state index in [1.54, 1.807) is 0 Å². The van der Waals surface area contributed by atoms with Crippen molar-refractivity contribution in [2.75, 3.05) is 0 Å². The first-order chi connectivity index (χ1) is 7.30. The molecule has 1 unspecified atom stereocenters. The van der Waals surface area contributed by atoms with Crippen molar-refractivity contribution in [3.8, 4) is 0 Å². The Kier molecular flexibility index (Phi) is 4.85. The summed E-state index contributed by atoms with van der Waals surface area (Å²) in [5.74, 6) is 1.85. The van der Waals surface area contributed by atoms with E-state index in [-0.39, 0.29) is 0 Å². The van der Waals surface area contributed by atoms with Gasteiger partial charge in [-0.1, -0.05) is 34.6 Å². The van der Waals surface area contributed by atoms with Crippen LogP contribution in [0.5, 0.6) is 0 Å². The summed E-state index contributed by atoms with van der Waals surface area (Å²) >= 11 is 0. The molecule has 1 aliphatic carbocycles. The lowest BCUT2D eigenvalue weighted by atomic mass is 9.78. The van der Waals surface area contributed by atoms with Gasteiger partial charge in [0.25, 0.3) is 0 Å². The molecule has 0 spiro atoms. The minimum atomic E-state index is 0.384. The van der Waals surface area contributed by atoms with Gasteiger partial charge in [0.2, 0.25) is 0 Å². The van der Waals surface area contributed by atoms with Crippen LogP contribution in [-0.4, -0.2) is 12.1 Å². The van der Waals surface area contributed by atoms with Crippen molar-refractivity contribution in [3.05, 3.63) is 0 Å². The first kappa shape index (κ1) is 14.0. The number of hydrogen-bond donors (Lipinski definition) is 1. The molecule has 0 aromatic heterocycles. The molecule has 0 heterocycles. The fourth-order valence-electron chi connectivity index (χ4n) is 2.56. The van der Waals surface area contributed by atoms with Crippen molar-refractivity contribution in [2.45, 2.75) is 79.3 Å². The van der Waals surface area contributed by atoms with E-state index in [2.05, 4.69) is 46.9 Å². The van der Waals surface area contributed by atoms with E-state index in [0.29, 0.717) is 11.5 Å². The summed E-state index contributed by atoms with van der Waals surface area (Å²) in [5, 5.41) is 3.82. The van der Waals surface area contributed by atoms with Crippen LogP contribution in [0.3, 0.4) is 0 Å². The molecule has 0 aliphatic heterocycles. The molecule has 1 atom stereocenters. The molecule has 16 heavy (non-hydrogen) atoms. The predicted octanol–water partition coefficient (Wildman–Crippen LogP) is 4.23. The second kappa shape index (κ2) is 5.53. The first-order valence-electron chi connectivity index (χ1n) is 7.06. The average Bonchev–Trinajstić information content (AvgIpc) is 2.17. The van der Waals surface area contributed by atoms with Crippen LogP contribution in [-0.2, 0) is 0 Å². The normalized spacial score (nSPS) is 29.4. The highest BCUT2D eigenvalue weighted by Gasteiger charge is 2.27. The van der Waals surface area contributed by atoms with Gasteiger partial charge in [-0.3, -0.25) is 0 Å². The van der Waals surface area contributed by atoms with Crippen LogP contribution < -0.4 is 5.32 Å². The van der Waals surface area contributed by atoms with Gasteiger partial charge in [0.05, 0.1) is 0 Å². The molecule has 96 valence electrons. The zero-order valence-corrected chi connectivity index (χ0v) is 12.1. The summed E-state index contributed by atoms with van der Waals surface area (Å²) in [7, 11) is 0. The van der Waals surface area contributed by atoms with Gasteiger partial charge in [0, 0.05) is 12.1 Å². The lowest BCUT2D eigenvalue weighted by Crippen LogP contribution is -2.45. The van der Waals surface area contributed by atoms with Crippen molar-refractivity contribution >= 4 is 0 Å². The van der Waals surface area contributed by atoms with E-state index >= 15 is 0 Å². The average molecular weight is 225 g/mol. The highest BCUT2D eigenvalue weighted by molar-refractivity contribution is 4.84.